The van der Waals surface area contributed by atoms with Crippen LogP contribution in [0.4, 0.5) is 5.69 Å². The number of nitrogens with zero attached hydrogens (tertiary/aromatic N) is 1. The summed E-state index contributed by atoms with van der Waals surface area (Å²) < 4.78 is 33.7. The summed E-state index contributed by atoms with van der Waals surface area (Å²) in [6.45, 7) is 2.81. The number of hydrogen-bond acceptors (Lipinski definition) is 4. The third-order valence-corrected chi connectivity index (χ3v) is 3.91. The molecule has 4 nitrogen and oxygen atoms in total. The van der Waals surface area contributed by atoms with Gasteiger partial charge in [-0.25, -0.2) is 8.42 Å². The van der Waals surface area contributed by atoms with Crippen molar-refractivity contribution in [3.63, 3.8) is 0 Å². The number of rotatable bonds is 3. The van der Waals surface area contributed by atoms with Gasteiger partial charge >= 0.3 is 0 Å². The van der Waals surface area contributed by atoms with Gasteiger partial charge in [0.2, 0.25) is 0 Å². The molecule has 2 rings (SSSR count). The molecule has 0 heterocycles. The molecule has 0 aliphatic carbocycles. The predicted molar refractivity (Wildman–Crippen MR) is 77.3 cm³/mol. The van der Waals surface area contributed by atoms with E-state index in [2.05, 4.69) is 0 Å². The second kappa shape index (κ2) is 5.50. The second-order valence-corrected chi connectivity index (χ2v) is 5.44. The molecule has 0 radical (unpaired) electrons. The molecule has 0 N–H and O–H groups in total. The van der Waals surface area contributed by atoms with E-state index in [0.717, 1.165) is 17.6 Å². The molecule has 0 amide bonds. The molecule has 0 aliphatic heterocycles. The van der Waals surface area contributed by atoms with Gasteiger partial charge in [-0.3, -0.25) is 0 Å². The van der Waals surface area contributed by atoms with Crippen LogP contribution < -0.4 is 4.90 Å². The van der Waals surface area contributed by atoms with E-state index < -0.39 is 10.1 Å². The molecular formula is C14H17NO3S. The summed E-state index contributed by atoms with van der Waals surface area (Å²) in [6.07, 6.45) is 0. The van der Waals surface area contributed by atoms with Gasteiger partial charge in [0, 0.05) is 37.5 Å². The van der Waals surface area contributed by atoms with Crippen LogP contribution >= 0.6 is 0 Å². The minimum absolute atomic E-state index is 0. The lowest BCUT2D eigenvalue weighted by Gasteiger charge is -2.21. The minimum atomic E-state index is -4.45. The maximum Gasteiger partial charge on any atom is 0.125 e. The number of hydrogen-bond donors (Lipinski definition) is 0. The van der Waals surface area contributed by atoms with Crippen LogP contribution in [0.5, 0.6) is 0 Å². The Hall–Kier alpha value is -1.72. The van der Waals surface area contributed by atoms with E-state index in [4.69, 9.17) is 0 Å². The van der Waals surface area contributed by atoms with Crippen molar-refractivity contribution in [2.45, 2.75) is 11.8 Å². The summed E-state index contributed by atoms with van der Waals surface area (Å²) in [7, 11) is -2.52. The van der Waals surface area contributed by atoms with Gasteiger partial charge in [0.25, 0.3) is 0 Å². The first-order valence-corrected chi connectivity index (χ1v) is 7.04. The van der Waals surface area contributed by atoms with Crippen molar-refractivity contribution >= 4 is 26.6 Å². The maximum absolute atomic E-state index is 11.2. The zero-order chi connectivity index (χ0) is 13.3. The Balaban J connectivity index is 0.00000180. The van der Waals surface area contributed by atoms with Crippen LogP contribution in [0.1, 0.15) is 6.92 Å². The smallest absolute Gasteiger partial charge is 0.125 e. The molecule has 0 atom stereocenters. The van der Waals surface area contributed by atoms with Gasteiger partial charge in [0.15, 0.2) is 0 Å². The van der Waals surface area contributed by atoms with Crippen LogP contribution in [0, 0.1) is 7.43 Å². The summed E-state index contributed by atoms with van der Waals surface area (Å²) >= 11 is 0. The molecule has 0 aromatic heterocycles. The lowest BCUT2D eigenvalue weighted by atomic mass is 10.1. The number of anilines is 1. The molecule has 0 saturated heterocycles. The zero-order valence-corrected chi connectivity index (χ0v) is 12.1. The van der Waals surface area contributed by atoms with Gasteiger partial charge < -0.3 is 9.45 Å². The fourth-order valence-electron chi connectivity index (χ4n) is 1.98. The van der Waals surface area contributed by atoms with Crippen molar-refractivity contribution in [3.8, 4) is 0 Å². The normalized spacial score (nSPS) is 11.1. The fraction of sp³-hybridized carbons (Fsp3) is 0.214. The van der Waals surface area contributed by atoms with Crippen LogP contribution in [0.25, 0.3) is 10.8 Å². The molecule has 2 aromatic carbocycles. The van der Waals surface area contributed by atoms with Crippen molar-refractivity contribution < 1.29 is 13.0 Å². The monoisotopic (exact) mass is 279 g/mol. The summed E-state index contributed by atoms with van der Waals surface area (Å²) in [6, 6.07) is 10.1. The second-order valence-electron chi connectivity index (χ2n) is 4.10. The van der Waals surface area contributed by atoms with Gasteiger partial charge in [-0.15, -0.1) is 0 Å². The summed E-state index contributed by atoms with van der Waals surface area (Å²) in [5.41, 5.74) is 0.917. The zero-order valence-electron chi connectivity index (χ0n) is 11.3. The van der Waals surface area contributed by atoms with E-state index in [1.807, 2.05) is 31.0 Å². The van der Waals surface area contributed by atoms with Gasteiger partial charge in [0.05, 0.1) is 4.90 Å². The van der Waals surface area contributed by atoms with Crippen molar-refractivity contribution in [2.75, 3.05) is 18.5 Å². The van der Waals surface area contributed by atoms with Crippen molar-refractivity contribution in [3.05, 3.63) is 43.8 Å². The molecule has 0 saturated carbocycles. The first-order valence-electron chi connectivity index (χ1n) is 5.64. The maximum atomic E-state index is 11.2. The summed E-state index contributed by atoms with van der Waals surface area (Å²) in [4.78, 5) is 1.84. The van der Waals surface area contributed by atoms with Crippen LogP contribution in [0.3, 0.4) is 0 Å². The van der Waals surface area contributed by atoms with E-state index in [1.54, 1.807) is 18.2 Å². The summed E-state index contributed by atoms with van der Waals surface area (Å²) in [5, 5.41) is 1.25. The van der Waals surface area contributed by atoms with Gasteiger partial charge in [-0.1, -0.05) is 24.3 Å². The molecule has 0 bridgehead atoms. The Labute approximate surface area is 114 Å². The van der Waals surface area contributed by atoms with Gasteiger partial charge in [-0.05, 0) is 19.1 Å². The predicted octanol–water partition coefficient (Wildman–Crippen LogP) is 2.65. The molecule has 19 heavy (non-hydrogen) atoms. The molecule has 0 spiro atoms. The number of benzene rings is 2. The van der Waals surface area contributed by atoms with E-state index >= 15 is 0 Å². The van der Waals surface area contributed by atoms with Crippen molar-refractivity contribution in [1.82, 2.24) is 0 Å². The lowest BCUT2D eigenvalue weighted by Crippen LogP contribution is -2.16. The molecule has 0 fully saturated rings. The van der Waals surface area contributed by atoms with Crippen LogP contribution in [-0.2, 0) is 10.1 Å². The first kappa shape index (κ1) is 15.3. The highest BCUT2D eigenvalue weighted by molar-refractivity contribution is 7.86. The molecule has 102 valence electrons. The third kappa shape index (κ3) is 2.83. The summed E-state index contributed by atoms with van der Waals surface area (Å²) in [5.74, 6) is 0. The Morgan fingerprint density at radius 1 is 1.11 bits per heavy atom. The minimum Gasteiger partial charge on any atom is -0.744 e. The Kier molecular flexibility index (Phi) is 4.44. The Morgan fingerprint density at radius 3 is 2.21 bits per heavy atom. The largest absolute Gasteiger partial charge is 0.744 e. The number of fused-ring (bicyclic) bond motifs is 1. The van der Waals surface area contributed by atoms with E-state index in [9.17, 15) is 13.0 Å². The topological polar surface area (TPSA) is 60.4 Å². The van der Waals surface area contributed by atoms with Gasteiger partial charge in [-0.2, -0.15) is 0 Å². The van der Waals surface area contributed by atoms with E-state index in [0.29, 0.717) is 5.39 Å². The Bertz CT molecular complexity index is 680. The molecular weight excluding hydrogens is 262 g/mol. The van der Waals surface area contributed by atoms with Crippen molar-refractivity contribution in [2.24, 2.45) is 0 Å². The lowest BCUT2D eigenvalue weighted by molar-refractivity contribution is 0.464. The van der Waals surface area contributed by atoms with Crippen molar-refractivity contribution in [1.29, 1.82) is 0 Å². The fourth-order valence-corrected chi connectivity index (χ4v) is 2.66. The van der Waals surface area contributed by atoms with Gasteiger partial charge in [0.1, 0.15) is 10.1 Å². The highest BCUT2D eigenvalue weighted by atomic mass is 32.2. The standard InChI is InChI=1S/C13H15NO3S.CH3/c1-3-14(2)12-8-9-13(18(15,16)17)11-7-5-4-6-10(11)12;/h4-9H,3H2,1-2H3,(H,15,16,17);1H3/q;+1/p-1. The van der Waals surface area contributed by atoms with E-state index in [-0.39, 0.29) is 12.3 Å². The Morgan fingerprint density at radius 2 is 1.68 bits per heavy atom. The molecule has 2 aromatic rings. The average Bonchev–Trinajstić information content (AvgIpc) is 2.35. The highest BCUT2D eigenvalue weighted by Gasteiger charge is 2.11. The average molecular weight is 279 g/mol. The molecule has 0 aliphatic rings. The van der Waals surface area contributed by atoms with Crippen LogP contribution in [-0.4, -0.2) is 26.6 Å². The molecule has 0 unspecified atom stereocenters. The van der Waals surface area contributed by atoms with E-state index in [1.165, 1.54) is 6.07 Å². The highest BCUT2D eigenvalue weighted by Crippen LogP contribution is 2.30. The van der Waals surface area contributed by atoms with Crippen LogP contribution in [0.15, 0.2) is 41.3 Å². The first-order chi connectivity index (χ1) is 8.45. The quantitative estimate of drug-likeness (QED) is 0.640. The SMILES string of the molecule is CCN(C)c1ccc(S(=O)(=O)[O-])c2ccccc12.[CH3+]. The molecule has 5 heteroatoms. The van der Waals surface area contributed by atoms with Crippen LogP contribution in [0.2, 0.25) is 0 Å². The third-order valence-electron chi connectivity index (χ3n) is 3.02.